The minimum Gasteiger partial charge on any atom is -0.493 e. The Kier molecular flexibility index (Phi) is 5.93. The van der Waals surface area contributed by atoms with Gasteiger partial charge in [0.1, 0.15) is 5.75 Å². The van der Waals surface area contributed by atoms with Gasteiger partial charge in [0.05, 0.1) is 17.3 Å². The zero-order valence-electron chi connectivity index (χ0n) is 14.6. The van der Waals surface area contributed by atoms with Crippen molar-refractivity contribution >= 4 is 15.7 Å². The van der Waals surface area contributed by atoms with Crippen molar-refractivity contribution in [2.45, 2.75) is 24.2 Å². The highest BCUT2D eigenvalue weighted by Gasteiger charge is 2.19. The van der Waals surface area contributed by atoms with Crippen molar-refractivity contribution in [3.8, 4) is 5.75 Å². The molecule has 0 spiro atoms. The first kappa shape index (κ1) is 18.5. The Hall–Kier alpha value is -2.34. The number of benzene rings is 2. The summed E-state index contributed by atoms with van der Waals surface area (Å²) in [5.41, 5.74) is 1.15. The third-order valence-corrected chi connectivity index (χ3v) is 6.28. The average molecular weight is 373 g/mol. The van der Waals surface area contributed by atoms with Crippen LogP contribution in [0.1, 0.15) is 18.4 Å². The molecule has 1 N–H and O–H groups in total. The fourth-order valence-corrected chi connectivity index (χ4v) is 4.32. The molecule has 0 radical (unpaired) electrons. The monoisotopic (exact) mass is 373 g/mol. The van der Waals surface area contributed by atoms with Gasteiger partial charge in [-0.1, -0.05) is 36.4 Å². The van der Waals surface area contributed by atoms with Gasteiger partial charge < -0.3 is 10.1 Å². The number of carbonyl (C=O) groups is 1. The summed E-state index contributed by atoms with van der Waals surface area (Å²) < 4.78 is 30.2. The van der Waals surface area contributed by atoms with E-state index in [1.807, 2.05) is 24.3 Å². The second-order valence-corrected chi connectivity index (χ2v) is 8.61. The van der Waals surface area contributed by atoms with Crippen molar-refractivity contribution < 1.29 is 17.9 Å². The fraction of sp³-hybridized carbons (Fsp3) is 0.350. The number of hydrogen-bond donors (Lipinski definition) is 1. The van der Waals surface area contributed by atoms with Gasteiger partial charge in [-0.25, -0.2) is 8.42 Å². The number of sulfone groups is 1. The number of carbonyl (C=O) groups excluding carboxylic acids is 1. The van der Waals surface area contributed by atoms with Gasteiger partial charge in [0, 0.05) is 13.0 Å². The number of nitrogens with one attached hydrogen (secondary N) is 1. The summed E-state index contributed by atoms with van der Waals surface area (Å²) in [5, 5.41) is 2.88. The Balaban J connectivity index is 1.49. The fourth-order valence-electron chi connectivity index (χ4n) is 3.06. The molecule has 0 saturated carbocycles. The highest BCUT2D eigenvalue weighted by atomic mass is 32.2. The largest absolute Gasteiger partial charge is 0.493 e. The molecule has 2 aromatic rings. The van der Waals surface area contributed by atoms with Crippen molar-refractivity contribution in [3.05, 3.63) is 60.2 Å². The van der Waals surface area contributed by atoms with Crippen LogP contribution >= 0.6 is 0 Å². The lowest BCUT2D eigenvalue weighted by Gasteiger charge is -2.14. The molecule has 0 saturated heterocycles. The van der Waals surface area contributed by atoms with E-state index in [-0.39, 0.29) is 28.9 Å². The molecule has 0 aliphatic carbocycles. The Morgan fingerprint density at radius 1 is 1.08 bits per heavy atom. The van der Waals surface area contributed by atoms with Crippen molar-refractivity contribution in [2.75, 3.05) is 18.9 Å². The topological polar surface area (TPSA) is 72.5 Å². The Bertz CT molecular complexity index is 849. The van der Waals surface area contributed by atoms with Crippen LogP contribution in [0, 0.1) is 5.92 Å². The van der Waals surface area contributed by atoms with E-state index < -0.39 is 9.84 Å². The quantitative estimate of drug-likeness (QED) is 0.845. The summed E-state index contributed by atoms with van der Waals surface area (Å²) in [5.74, 6) is 0.783. The van der Waals surface area contributed by atoms with Crippen LogP contribution < -0.4 is 10.1 Å². The maximum Gasteiger partial charge on any atom is 0.221 e. The molecule has 1 unspecified atom stereocenters. The molecule has 5 nitrogen and oxygen atoms in total. The zero-order valence-corrected chi connectivity index (χ0v) is 15.4. The van der Waals surface area contributed by atoms with Crippen LogP contribution in [0.25, 0.3) is 0 Å². The maximum absolute atomic E-state index is 12.2. The lowest BCUT2D eigenvalue weighted by atomic mass is 9.97. The molecule has 0 bridgehead atoms. The molecule has 0 fully saturated rings. The first-order valence-electron chi connectivity index (χ1n) is 8.80. The predicted molar refractivity (Wildman–Crippen MR) is 99.9 cm³/mol. The first-order chi connectivity index (χ1) is 12.5. The number of rotatable bonds is 6. The van der Waals surface area contributed by atoms with Gasteiger partial charge in [-0.2, -0.15) is 0 Å². The minimum atomic E-state index is -3.43. The van der Waals surface area contributed by atoms with Crippen LogP contribution in [0.4, 0.5) is 0 Å². The summed E-state index contributed by atoms with van der Waals surface area (Å²) in [7, 11) is -3.43. The molecule has 0 aromatic heterocycles. The Labute approximate surface area is 154 Å². The van der Waals surface area contributed by atoms with Crippen LogP contribution in [0.5, 0.6) is 5.75 Å². The van der Waals surface area contributed by atoms with Gasteiger partial charge in [-0.05, 0) is 42.5 Å². The molecule has 6 heteroatoms. The van der Waals surface area contributed by atoms with E-state index in [1.54, 1.807) is 30.3 Å². The van der Waals surface area contributed by atoms with Gasteiger partial charge >= 0.3 is 0 Å². The molecular weight excluding hydrogens is 350 g/mol. The van der Waals surface area contributed by atoms with E-state index in [1.165, 1.54) is 0 Å². The third-order valence-electron chi connectivity index (χ3n) is 4.55. The number of amides is 1. The van der Waals surface area contributed by atoms with E-state index in [4.69, 9.17) is 4.74 Å². The second-order valence-electron chi connectivity index (χ2n) is 6.50. The molecule has 26 heavy (non-hydrogen) atoms. The lowest BCUT2D eigenvalue weighted by Crippen LogP contribution is -2.31. The molecule has 1 aliphatic heterocycles. The van der Waals surface area contributed by atoms with Gasteiger partial charge in [0.2, 0.25) is 5.91 Å². The third kappa shape index (κ3) is 4.85. The summed E-state index contributed by atoms with van der Waals surface area (Å²) >= 11 is 0. The van der Waals surface area contributed by atoms with Crippen molar-refractivity contribution in [1.82, 2.24) is 5.32 Å². The molecule has 1 amide bonds. The van der Waals surface area contributed by atoms with Gasteiger partial charge in [0.15, 0.2) is 9.84 Å². The number of para-hydroxylation sites is 1. The van der Waals surface area contributed by atoms with E-state index in [0.717, 1.165) is 24.2 Å². The summed E-state index contributed by atoms with van der Waals surface area (Å²) in [6, 6.07) is 16.2. The van der Waals surface area contributed by atoms with E-state index in [2.05, 4.69) is 5.32 Å². The molecular formula is C20H23NO4S. The number of hydrogen-bond acceptors (Lipinski definition) is 4. The van der Waals surface area contributed by atoms with Gasteiger partial charge in [-0.3, -0.25) is 4.79 Å². The smallest absolute Gasteiger partial charge is 0.221 e. The predicted octanol–water partition coefficient (Wildman–Crippen LogP) is 2.61. The Morgan fingerprint density at radius 3 is 2.62 bits per heavy atom. The van der Waals surface area contributed by atoms with Crippen LogP contribution in [0.3, 0.4) is 0 Å². The molecule has 138 valence electrons. The summed E-state index contributed by atoms with van der Waals surface area (Å²) in [6.45, 7) is 1.15. The van der Waals surface area contributed by atoms with Crippen molar-refractivity contribution in [2.24, 2.45) is 5.92 Å². The average Bonchev–Trinajstić information content (AvgIpc) is 2.87. The molecule has 1 aliphatic rings. The van der Waals surface area contributed by atoms with Crippen LogP contribution in [-0.4, -0.2) is 33.2 Å². The van der Waals surface area contributed by atoms with Crippen LogP contribution in [-0.2, 0) is 21.1 Å². The van der Waals surface area contributed by atoms with Gasteiger partial charge in [-0.15, -0.1) is 0 Å². The molecule has 2 aromatic carbocycles. The zero-order chi connectivity index (χ0) is 18.4. The minimum absolute atomic E-state index is 0.0307. The highest BCUT2D eigenvalue weighted by molar-refractivity contribution is 7.91. The highest BCUT2D eigenvalue weighted by Crippen LogP contribution is 2.26. The second kappa shape index (κ2) is 8.36. The van der Waals surface area contributed by atoms with Crippen LogP contribution in [0.15, 0.2) is 59.5 Å². The molecule has 1 atom stereocenters. The van der Waals surface area contributed by atoms with E-state index in [9.17, 15) is 13.2 Å². The van der Waals surface area contributed by atoms with E-state index in [0.29, 0.717) is 13.2 Å². The standard InChI is InChI=1S/C20H23NO4S/c22-20(11-13-26(23,24)18-7-2-1-3-8-18)21-15-16-10-12-25-19-9-5-4-6-17(19)14-16/h1-9,16H,10-15H2,(H,21,22). The normalized spacial score (nSPS) is 16.8. The van der Waals surface area contributed by atoms with Crippen LogP contribution in [0.2, 0.25) is 0 Å². The number of ether oxygens (including phenoxy) is 1. The SMILES string of the molecule is O=C(CCS(=O)(=O)c1ccccc1)NCC1CCOc2ccccc2C1. The summed E-state index contributed by atoms with van der Waals surface area (Å²) in [4.78, 5) is 12.3. The Morgan fingerprint density at radius 2 is 1.81 bits per heavy atom. The van der Waals surface area contributed by atoms with E-state index >= 15 is 0 Å². The molecule has 1 heterocycles. The number of fused-ring (bicyclic) bond motifs is 1. The molecule has 3 rings (SSSR count). The maximum atomic E-state index is 12.2. The lowest BCUT2D eigenvalue weighted by molar-refractivity contribution is -0.120. The first-order valence-corrected chi connectivity index (χ1v) is 10.4. The van der Waals surface area contributed by atoms with Crippen molar-refractivity contribution in [1.29, 1.82) is 0 Å². The van der Waals surface area contributed by atoms with Gasteiger partial charge in [0.25, 0.3) is 0 Å². The summed E-state index contributed by atoms with van der Waals surface area (Å²) in [6.07, 6.45) is 1.67. The van der Waals surface area contributed by atoms with Crippen molar-refractivity contribution in [3.63, 3.8) is 0 Å².